The van der Waals surface area contributed by atoms with Gasteiger partial charge in [-0.05, 0) is 62.7 Å². The van der Waals surface area contributed by atoms with Crippen molar-refractivity contribution in [3.63, 3.8) is 0 Å². The Morgan fingerprint density at radius 2 is 1.94 bits per heavy atom. The van der Waals surface area contributed by atoms with Gasteiger partial charge in [0.05, 0.1) is 24.4 Å². The molecular weight excluding hydrogens is 442 g/mol. The van der Waals surface area contributed by atoms with Crippen LogP contribution in [0.1, 0.15) is 26.3 Å². The number of methoxy groups -OCH3 is 1. The minimum atomic E-state index is -0.983. The van der Waals surface area contributed by atoms with Gasteiger partial charge < -0.3 is 20.5 Å². The largest absolute Gasteiger partial charge is 0.497 e. The molecule has 3 N–H and O–H groups in total. The molecule has 1 unspecified atom stereocenters. The first-order valence-electron chi connectivity index (χ1n) is 10.5. The molecule has 174 valence electrons. The van der Waals surface area contributed by atoms with E-state index in [4.69, 9.17) is 16.3 Å². The number of aromatic nitrogens is 2. The van der Waals surface area contributed by atoms with E-state index < -0.39 is 5.60 Å². The Morgan fingerprint density at radius 1 is 1.21 bits per heavy atom. The van der Waals surface area contributed by atoms with Crippen LogP contribution in [0.4, 0.5) is 22.2 Å². The number of halogens is 1. The molecule has 0 aliphatic carbocycles. The average Bonchev–Trinajstić information content (AvgIpc) is 2.78. The third kappa shape index (κ3) is 6.57. The molecule has 8 nitrogen and oxygen atoms in total. The van der Waals surface area contributed by atoms with Crippen molar-refractivity contribution >= 4 is 35.1 Å². The Balaban J connectivity index is 1.89. The van der Waals surface area contributed by atoms with Gasteiger partial charge in [-0.3, -0.25) is 0 Å². The predicted octanol–water partition coefficient (Wildman–Crippen LogP) is 4.76. The van der Waals surface area contributed by atoms with Crippen LogP contribution in [0.3, 0.4) is 0 Å². The second-order valence-electron chi connectivity index (χ2n) is 8.08. The van der Waals surface area contributed by atoms with Crippen molar-refractivity contribution < 1.29 is 14.6 Å². The molecule has 33 heavy (non-hydrogen) atoms. The predicted molar refractivity (Wildman–Crippen MR) is 130 cm³/mol. The second-order valence-corrected chi connectivity index (χ2v) is 8.52. The molecule has 0 aliphatic rings. The normalized spacial score (nSPS) is 12.1. The number of hydrogen-bond donors (Lipinski definition) is 3. The van der Waals surface area contributed by atoms with Crippen LogP contribution in [-0.4, -0.2) is 39.9 Å². The fourth-order valence-corrected chi connectivity index (χ4v) is 3.11. The molecule has 1 aromatic heterocycles. The van der Waals surface area contributed by atoms with Crippen LogP contribution in [0.25, 0.3) is 0 Å². The van der Waals surface area contributed by atoms with E-state index in [1.165, 1.54) is 4.90 Å². The first-order chi connectivity index (χ1) is 15.7. The van der Waals surface area contributed by atoms with Crippen molar-refractivity contribution in [3.8, 4) is 5.75 Å². The van der Waals surface area contributed by atoms with E-state index in [1.807, 2.05) is 19.1 Å². The number of benzene rings is 2. The average molecular weight is 470 g/mol. The number of carbonyl (C=O) groups is 1. The van der Waals surface area contributed by atoms with Crippen molar-refractivity contribution in [2.24, 2.45) is 0 Å². The van der Waals surface area contributed by atoms with Crippen molar-refractivity contribution in [1.82, 2.24) is 15.3 Å². The molecule has 0 aliphatic heterocycles. The zero-order chi connectivity index (χ0) is 24.0. The maximum atomic E-state index is 13.3. The fourth-order valence-electron chi connectivity index (χ4n) is 2.90. The lowest BCUT2D eigenvalue weighted by atomic mass is 10.0. The molecule has 3 aromatic rings. The molecule has 1 atom stereocenters. The maximum Gasteiger partial charge on any atom is 0.327 e. The Labute approximate surface area is 198 Å². The topological polar surface area (TPSA) is 99.6 Å². The number of nitrogens with one attached hydrogen (secondary N) is 2. The summed E-state index contributed by atoms with van der Waals surface area (Å²) in [6.07, 6.45) is 1.56. The number of nitrogens with zero attached hydrogens (tertiary/aromatic N) is 3. The molecule has 3 rings (SSSR count). The van der Waals surface area contributed by atoms with E-state index in [0.717, 1.165) is 5.56 Å². The van der Waals surface area contributed by atoms with Gasteiger partial charge in [0.1, 0.15) is 11.6 Å². The van der Waals surface area contributed by atoms with E-state index in [2.05, 4.69) is 20.6 Å². The first-order valence-corrected chi connectivity index (χ1v) is 10.8. The van der Waals surface area contributed by atoms with E-state index in [-0.39, 0.29) is 18.6 Å². The van der Waals surface area contributed by atoms with Gasteiger partial charge >= 0.3 is 6.03 Å². The molecule has 0 saturated carbocycles. The number of hydrogen-bond acceptors (Lipinski definition) is 6. The van der Waals surface area contributed by atoms with Gasteiger partial charge in [-0.2, -0.15) is 4.98 Å². The van der Waals surface area contributed by atoms with Crippen LogP contribution in [0.5, 0.6) is 5.75 Å². The standard InChI is InChI=1S/C24H28ClN5O3/c1-16(24(2,3)32)28-22-26-13-12-21(29-22)30(19-8-10-20(33-4)11-9-19)23(31)27-15-17-6-5-7-18(25)14-17/h5-14,16,32H,15H2,1-4H3,(H,27,31)(H,26,28,29). The number of carbonyl (C=O) groups excluding carboxylic acids is 1. The number of amides is 2. The van der Waals surface area contributed by atoms with Gasteiger partial charge in [-0.1, -0.05) is 23.7 Å². The maximum absolute atomic E-state index is 13.3. The molecule has 0 fully saturated rings. The quantitative estimate of drug-likeness (QED) is 0.440. The molecule has 0 bridgehead atoms. The molecule has 1 heterocycles. The van der Waals surface area contributed by atoms with Gasteiger partial charge in [-0.25, -0.2) is 14.7 Å². The molecular formula is C24H28ClN5O3. The highest BCUT2D eigenvalue weighted by Crippen LogP contribution is 2.27. The summed E-state index contributed by atoms with van der Waals surface area (Å²) in [5.41, 5.74) is 0.484. The summed E-state index contributed by atoms with van der Waals surface area (Å²) in [5, 5.41) is 16.8. The number of aliphatic hydroxyl groups is 1. The first kappa shape index (κ1) is 24.3. The lowest BCUT2D eigenvalue weighted by Gasteiger charge is -2.27. The van der Waals surface area contributed by atoms with Gasteiger partial charge in [0.15, 0.2) is 0 Å². The van der Waals surface area contributed by atoms with Crippen LogP contribution in [0, 0.1) is 0 Å². The second kappa shape index (κ2) is 10.5. The lowest BCUT2D eigenvalue weighted by molar-refractivity contribution is 0.0646. The summed E-state index contributed by atoms with van der Waals surface area (Å²) < 4.78 is 5.24. The highest BCUT2D eigenvalue weighted by atomic mass is 35.5. The minimum absolute atomic E-state index is 0.290. The number of anilines is 3. The zero-order valence-electron chi connectivity index (χ0n) is 19.0. The van der Waals surface area contributed by atoms with Crippen LogP contribution < -0.4 is 20.3 Å². The number of rotatable bonds is 8. The summed E-state index contributed by atoms with van der Waals surface area (Å²) in [5.74, 6) is 1.33. The highest BCUT2D eigenvalue weighted by molar-refractivity contribution is 6.30. The molecule has 9 heteroatoms. The van der Waals surface area contributed by atoms with Crippen LogP contribution in [0.15, 0.2) is 60.8 Å². The smallest absolute Gasteiger partial charge is 0.327 e. The van der Waals surface area contributed by atoms with E-state index in [1.54, 1.807) is 69.6 Å². The third-order valence-electron chi connectivity index (χ3n) is 5.14. The Hall–Kier alpha value is -3.36. The Kier molecular flexibility index (Phi) is 7.73. The molecule has 0 radical (unpaired) electrons. The van der Waals surface area contributed by atoms with E-state index in [9.17, 15) is 9.90 Å². The van der Waals surface area contributed by atoms with Gasteiger partial charge in [0.2, 0.25) is 5.95 Å². The van der Waals surface area contributed by atoms with Gasteiger partial charge in [0.25, 0.3) is 0 Å². The molecule has 0 saturated heterocycles. The van der Waals surface area contributed by atoms with Gasteiger partial charge in [0, 0.05) is 23.8 Å². The summed E-state index contributed by atoms with van der Waals surface area (Å²) in [7, 11) is 1.58. The fraction of sp³-hybridized carbons (Fsp3) is 0.292. The molecule has 0 spiro atoms. The van der Waals surface area contributed by atoms with E-state index >= 15 is 0 Å². The lowest BCUT2D eigenvalue weighted by Crippen LogP contribution is -2.40. The van der Waals surface area contributed by atoms with Crippen molar-refractivity contribution in [3.05, 3.63) is 71.4 Å². The third-order valence-corrected chi connectivity index (χ3v) is 5.38. The SMILES string of the molecule is COc1ccc(N(C(=O)NCc2cccc(Cl)c2)c2ccnc(NC(C)C(C)(C)O)n2)cc1. The van der Waals surface area contributed by atoms with Crippen LogP contribution in [0.2, 0.25) is 5.02 Å². The Morgan fingerprint density at radius 3 is 2.58 bits per heavy atom. The van der Waals surface area contributed by atoms with Crippen molar-refractivity contribution in [2.45, 2.75) is 39.0 Å². The highest BCUT2D eigenvalue weighted by Gasteiger charge is 2.24. The van der Waals surface area contributed by atoms with Crippen molar-refractivity contribution in [2.75, 3.05) is 17.3 Å². The van der Waals surface area contributed by atoms with Crippen molar-refractivity contribution in [1.29, 1.82) is 0 Å². The van der Waals surface area contributed by atoms with E-state index in [0.29, 0.717) is 28.2 Å². The zero-order valence-corrected chi connectivity index (χ0v) is 19.8. The Bertz CT molecular complexity index is 1090. The monoisotopic (exact) mass is 469 g/mol. The molecule has 2 amide bonds. The van der Waals surface area contributed by atoms with Gasteiger partial charge in [-0.15, -0.1) is 0 Å². The summed E-state index contributed by atoms with van der Waals surface area (Å²) >= 11 is 6.06. The van der Waals surface area contributed by atoms with Crippen LogP contribution >= 0.6 is 11.6 Å². The van der Waals surface area contributed by atoms with Crippen LogP contribution in [-0.2, 0) is 6.54 Å². The summed E-state index contributed by atoms with van der Waals surface area (Å²) in [4.78, 5) is 23.5. The minimum Gasteiger partial charge on any atom is -0.497 e. The number of ether oxygens (including phenoxy) is 1. The molecule has 2 aromatic carbocycles. The summed E-state index contributed by atoms with van der Waals surface area (Å²) in [6, 6.07) is 15.3. The number of urea groups is 1. The summed E-state index contributed by atoms with van der Waals surface area (Å²) in [6.45, 7) is 5.51.